The number of hydrogen-bond donors (Lipinski definition) is 1. The zero-order chi connectivity index (χ0) is 12.0. The summed E-state index contributed by atoms with van der Waals surface area (Å²) in [7, 11) is 3.60. The molecule has 0 fully saturated rings. The van der Waals surface area contributed by atoms with Gasteiger partial charge < -0.3 is 14.8 Å². The van der Waals surface area contributed by atoms with Gasteiger partial charge in [0.1, 0.15) is 5.82 Å². The van der Waals surface area contributed by atoms with E-state index in [9.17, 15) is 0 Å². The van der Waals surface area contributed by atoms with E-state index in [1.54, 1.807) is 7.11 Å². The van der Waals surface area contributed by atoms with Gasteiger partial charge in [0.15, 0.2) is 0 Å². The van der Waals surface area contributed by atoms with Crippen molar-refractivity contribution in [2.75, 3.05) is 32.2 Å². The number of anilines is 1. The Bertz CT molecular complexity index is 323. The maximum Gasteiger partial charge on any atom is 0.129 e. The molecule has 0 aromatic carbocycles. The van der Waals surface area contributed by atoms with Crippen LogP contribution in [0.2, 0.25) is 0 Å². The molecule has 0 amide bonds. The summed E-state index contributed by atoms with van der Waals surface area (Å²) in [5.41, 5.74) is 2.14. The Hall–Kier alpha value is -1.07. The summed E-state index contributed by atoms with van der Waals surface area (Å²) < 4.78 is 12.3. The first-order valence-electron chi connectivity index (χ1n) is 5.53. The third kappa shape index (κ3) is 3.21. The van der Waals surface area contributed by atoms with Crippen LogP contribution >= 0.6 is 0 Å². The topological polar surface area (TPSA) is 48.3 Å². The summed E-state index contributed by atoms with van der Waals surface area (Å²) in [5, 5.41) is 7.67. The first kappa shape index (κ1) is 13.0. The third-order valence-electron chi connectivity index (χ3n) is 2.37. The summed E-state index contributed by atoms with van der Waals surface area (Å²) in [5.74, 6) is 1.04. The van der Waals surface area contributed by atoms with Gasteiger partial charge in [-0.1, -0.05) is 0 Å². The molecular formula is C11H21N3O2. The lowest BCUT2D eigenvalue weighted by molar-refractivity contribution is 0.0616. The molecule has 1 N–H and O–H groups in total. The van der Waals surface area contributed by atoms with Crippen LogP contribution in [-0.2, 0) is 23.1 Å². The molecule has 1 aromatic heterocycles. The van der Waals surface area contributed by atoms with E-state index < -0.39 is 0 Å². The van der Waals surface area contributed by atoms with Crippen molar-refractivity contribution < 1.29 is 9.47 Å². The van der Waals surface area contributed by atoms with Crippen LogP contribution in [0.4, 0.5) is 5.82 Å². The predicted octanol–water partition coefficient (Wildman–Crippen LogP) is 1.32. The third-order valence-corrected chi connectivity index (χ3v) is 2.37. The van der Waals surface area contributed by atoms with Crippen LogP contribution in [0.3, 0.4) is 0 Å². The van der Waals surface area contributed by atoms with Crippen molar-refractivity contribution in [1.82, 2.24) is 9.78 Å². The largest absolute Gasteiger partial charge is 0.382 e. The van der Waals surface area contributed by atoms with Gasteiger partial charge in [-0.25, -0.2) is 0 Å². The van der Waals surface area contributed by atoms with E-state index in [-0.39, 0.29) is 0 Å². The molecule has 0 aliphatic heterocycles. The fourth-order valence-electron chi connectivity index (χ4n) is 1.58. The van der Waals surface area contributed by atoms with Crippen molar-refractivity contribution in [3.8, 4) is 0 Å². The quantitative estimate of drug-likeness (QED) is 0.714. The van der Waals surface area contributed by atoms with Crippen molar-refractivity contribution in [3.63, 3.8) is 0 Å². The summed E-state index contributed by atoms with van der Waals surface area (Å²) in [6.45, 7) is 6.75. The molecule has 5 heteroatoms. The molecule has 1 rings (SSSR count). The Morgan fingerprint density at radius 1 is 1.38 bits per heavy atom. The molecule has 92 valence electrons. The Balaban J connectivity index is 2.62. The van der Waals surface area contributed by atoms with Crippen LogP contribution in [0.25, 0.3) is 0 Å². The summed E-state index contributed by atoms with van der Waals surface area (Å²) in [4.78, 5) is 0. The van der Waals surface area contributed by atoms with Gasteiger partial charge in [-0.2, -0.15) is 5.10 Å². The number of nitrogens with one attached hydrogen (secondary N) is 1. The normalized spacial score (nSPS) is 10.8. The average Bonchev–Trinajstić information content (AvgIpc) is 2.51. The molecule has 16 heavy (non-hydrogen) atoms. The van der Waals surface area contributed by atoms with Gasteiger partial charge in [-0.3, -0.25) is 4.68 Å². The van der Waals surface area contributed by atoms with Crippen LogP contribution < -0.4 is 5.32 Å². The fraction of sp³-hybridized carbons (Fsp3) is 0.727. The van der Waals surface area contributed by atoms with Gasteiger partial charge >= 0.3 is 0 Å². The lowest BCUT2D eigenvalue weighted by atomic mass is 10.2. The second-order valence-electron chi connectivity index (χ2n) is 3.61. The van der Waals surface area contributed by atoms with Gasteiger partial charge in [-0.15, -0.1) is 0 Å². The Morgan fingerprint density at radius 3 is 2.75 bits per heavy atom. The lowest BCUT2D eigenvalue weighted by Gasteiger charge is -2.08. The van der Waals surface area contributed by atoms with E-state index in [0.29, 0.717) is 19.8 Å². The molecule has 0 radical (unpaired) electrons. The SMILES string of the molecule is CCNc1c(COCCOC)c(C)nn1C. The average molecular weight is 227 g/mol. The summed E-state index contributed by atoms with van der Waals surface area (Å²) in [6.07, 6.45) is 0. The molecule has 0 saturated heterocycles. The maximum atomic E-state index is 5.52. The van der Waals surface area contributed by atoms with Crippen molar-refractivity contribution in [2.45, 2.75) is 20.5 Å². The van der Waals surface area contributed by atoms with Crippen LogP contribution in [0.1, 0.15) is 18.2 Å². The summed E-state index contributed by atoms with van der Waals surface area (Å²) in [6, 6.07) is 0. The molecule has 5 nitrogen and oxygen atoms in total. The van der Waals surface area contributed by atoms with Crippen molar-refractivity contribution >= 4 is 5.82 Å². The monoisotopic (exact) mass is 227 g/mol. The van der Waals surface area contributed by atoms with E-state index in [2.05, 4.69) is 17.3 Å². The minimum atomic E-state index is 0.575. The number of ether oxygens (including phenoxy) is 2. The molecule has 0 aliphatic rings. The first-order chi connectivity index (χ1) is 7.70. The second kappa shape index (κ2) is 6.50. The first-order valence-corrected chi connectivity index (χ1v) is 5.53. The lowest BCUT2D eigenvalue weighted by Crippen LogP contribution is -2.07. The molecule has 0 saturated carbocycles. The highest BCUT2D eigenvalue weighted by Crippen LogP contribution is 2.19. The fourth-order valence-corrected chi connectivity index (χ4v) is 1.58. The van der Waals surface area contributed by atoms with Crippen molar-refractivity contribution in [2.24, 2.45) is 7.05 Å². The van der Waals surface area contributed by atoms with Crippen molar-refractivity contribution in [1.29, 1.82) is 0 Å². The van der Waals surface area contributed by atoms with Gasteiger partial charge in [0.2, 0.25) is 0 Å². The number of nitrogens with zero attached hydrogens (tertiary/aromatic N) is 2. The zero-order valence-electron chi connectivity index (χ0n) is 10.5. The van der Waals surface area contributed by atoms with E-state index in [1.165, 1.54) is 0 Å². The predicted molar refractivity (Wildman–Crippen MR) is 63.6 cm³/mol. The molecule has 0 unspecified atom stereocenters. The van der Waals surface area contributed by atoms with Crippen LogP contribution in [0, 0.1) is 6.92 Å². The minimum absolute atomic E-state index is 0.575. The molecule has 0 atom stereocenters. The molecule has 1 heterocycles. The van der Waals surface area contributed by atoms with Crippen LogP contribution in [-0.4, -0.2) is 36.6 Å². The number of aromatic nitrogens is 2. The van der Waals surface area contributed by atoms with Crippen molar-refractivity contribution in [3.05, 3.63) is 11.3 Å². The molecule has 0 spiro atoms. The zero-order valence-corrected chi connectivity index (χ0v) is 10.5. The van der Waals surface area contributed by atoms with E-state index in [1.807, 2.05) is 18.7 Å². The van der Waals surface area contributed by atoms with E-state index >= 15 is 0 Å². The molecule has 0 aliphatic carbocycles. The maximum absolute atomic E-state index is 5.52. The second-order valence-corrected chi connectivity index (χ2v) is 3.61. The molecular weight excluding hydrogens is 206 g/mol. The van der Waals surface area contributed by atoms with Gasteiger partial charge in [0.25, 0.3) is 0 Å². The number of rotatable bonds is 7. The van der Waals surface area contributed by atoms with Crippen LogP contribution in [0.5, 0.6) is 0 Å². The minimum Gasteiger partial charge on any atom is -0.382 e. The smallest absolute Gasteiger partial charge is 0.129 e. The Kier molecular flexibility index (Phi) is 5.28. The number of hydrogen-bond acceptors (Lipinski definition) is 4. The Labute approximate surface area is 96.7 Å². The molecule has 0 bridgehead atoms. The standard InChI is InChI=1S/C11H21N3O2/c1-5-12-11-10(8-16-7-6-15-4)9(2)13-14(11)3/h12H,5-8H2,1-4H3. The van der Waals surface area contributed by atoms with Gasteiger partial charge in [0.05, 0.1) is 25.5 Å². The van der Waals surface area contributed by atoms with Gasteiger partial charge in [-0.05, 0) is 13.8 Å². The number of aryl methyl sites for hydroxylation is 2. The number of methoxy groups -OCH3 is 1. The summed E-state index contributed by atoms with van der Waals surface area (Å²) >= 11 is 0. The Morgan fingerprint density at radius 2 is 2.12 bits per heavy atom. The van der Waals surface area contributed by atoms with Crippen LogP contribution in [0.15, 0.2) is 0 Å². The molecule has 1 aromatic rings. The van der Waals surface area contributed by atoms with Gasteiger partial charge in [0, 0.05) is 26.3 Å². The highest BCUT2D eigenvalue weighted by molar-refractivity contribution is 5.47. The highest BCUT2D eigenvalue weighted by atomic mass is 16.5. The van der Waals surface area contributed by atoms with E-state index in [0.717, 1.165) is 23.6 Å². The van der Waals surface area contributed by atoms with E-state index in [4.69, 9.17) is 9.47 Å². The highest BCUT2D eigenvalue weighted by Gasteiger charge is 2.12.